The fourth-order valence-corrected chi connectivity index (χ4v) is 1.60. The van der Waals surface area contributed by atoms with E-state index in [1.54, 1.807) is 6.07 Å². The van der Waals surface area contributed by atoms with Crippen LogP contribution < -0.4 is 16.0 Å². The number of halogens is 1. The van der Waals surface area contributed by atoms with Crippen LogP contribution in [0.2, 0.25) is 0 Å². The molecule has 16 heavy (non-hydrogen) atoms. The molecule has 2 rings (SSSR count). The van der Waals surface area contributed by atoms with Crippen LogP contribution >= 0.6 is 22.6 Å². The predicted molar refractivity (Wildman–Crippen MR) is 68.5 cm³/mol. The zero-order valence-electron chi connectivity index (χ0n) is 8.11. The number of rotatable bonds is 2. The number of nitrogen functional groups attached to an aromatic ring is 1. The highest BCUT2D eigenvalue weighted by Crippen LogP contribution is 2.26. The molecule has 0 unspecified atom stereocenters. The SMILES string of the molecule is Nc1c(Oc2ccccc2I)nc[nH]c1=O. The summed E-state index contributed by atoms with van der Waals surface area (Å²) in [6.07, 6.45) is 1.25. The second-order valence-corrected chi connectivity index (χ2v) is 4.15. The Balaban J connectivity index is 2.38. The minimum atomic E-state index is -0.407. The van der Waals surface area contributed by atoms with Crippen molar-refractivity contribution in [1.82, 2.24) is 9.97 Å². The number of H-pyrrole nitrogens is 1. The number of nitrogens with one attached hydrogen (secondary N) is 1. The lowest BCUT2D eigenvalue weighted by atomic mass is 10.3. The van der Waals surface area contributed by atoms with Crippen LogP contribution in [-0.2, 0) is 0 Å². The van der Waals surface area contributed by atoms with Gasteiger partial charge in [0.2, 0.25) is 5.88 Å². The van der Waals surface area contributed by atoms with Crippen molar-refractivity contribution in [3.63, 3.8) is 0 Å². The first-order valence-corrected chi connectivity index (χ1v) is 5.52. The third kappa shape index (κ3) is 2.16. The minimum absolute atomic E-state index is 0.0258. The lowest BCUT2D eigenvalue weighted by Crippen LogP contribution is -2.13. The maximum absolute atomic E-state index is 11.2. The first-order chi connectivity index (χ1) is 7.68. The molecule has 0 amide bonds. The van der Waals surface area contributed by atoms with Crippen LogP contribution in [-0.4, -0.2) is 9.97 Å². The number of benzene rings is 1. The molecule has 2 aromatic rings. The summed E-state index contributed by atoms with van der Waals surface area (Å²) in [6, 6.07) is 7.40. The van der Waals surface area contributed by atoms with E-state index in [2.05, 4.69) is 32.6 Å². The fourth-order valence-electron chi connectivity index (χ4n) is 1.11. The van der Waals surface area contributed by atoms with E-state index in [0.29, 0.717) is 5.75 Å². The number of aromatic amines is 1. The van der Waals surface area contributed by atoms with Crippen LogP contribution in [0.1, 0.15) is 0 Å². The second kappa shape index (κ2) is 4.52. The highest BCUT2D eigenvalue weighted by molar-refractivity contribution is 14.1. The highest BCUT2D eigenvalue weighted by atomic mass is 127. The minimum Gasteiger partial charge on any atom is -0.436 e. The van der Waals surface area contributed by atoms with Gasteiger partial charge in [0, 0.05) is 0 Å². The summed E-state index contributed by atoms with van der Waals surface area (Å²) in [7, 11) is 0. The van der Waals surface area contributed by atoms with E-state index in [-0.39, 0.29) is 11.6 Å². The molecule has 0 spiro atoms. The van der Waals surface area contributed by atoms with E-state index >= 15 is 0 Å². The Morgan fingerprint density at radius 3 is 2.88 bits per heavy atom. The standard InChI is InChI=1S/C10H8IN3O2/c11-6-3-1-2-4-7(6)16-10-8(12)9(15)13-5-14-10/h1-5H,12H2,(H,13,14,15). The molecule has 0 aliphatic rings. The molecule has 82 valence electrons. The molecular formula is C10H8IN3O2. The van der Waals surface area contributed by atoms with Crippen molar-refractivity contribution < 1.29 is 4.74 Å². The lowest BCUT2D eigenvalue weighted by Gasteiger charge is -2.07. The number of para-hydroxylation sites is 1. The first-order valence-electron chi connectivity index (χ1n) is 4.44. The van der Waals surface area contributed by atoms with Crippen LogP contribution in [0.5, 0.6) is 11.6 Å². The molecule has 0 aliphatic heterocycles. The van der Waals surface area contributed by atoms with Gasteiger partial charge in [-0.05, 0) is 34.7 Å². The van der Waals surface area contributed by atoms with Gasteiger partial charge in [0.15, 0.2) is 5.69 Å². The number of hydrogen-bond acceptors (Lipinski definition) is 4. The predicted octanol–water partition coefficient (Wildman–Crippen LogP) is 1.75. The van der Waals surface area contributed by atoms with Gasteiger partial charge in [-0.3, -0.25) is 4.79 Å². The van der Waals surface area contributed by atoms with Crippen molar-refractivity contribution >= 4 is 28.3 Å². The van der Waals surface area contributed by atoms with Gasteiger partial charge in [0.25, 0.3) is 5.56 Å². The molecule has 6 heteroatoms. The van der Waals surface area contributed by atoms with Gasteiger partial charge in [-0.25, -0.2) is 4.98 Å². The molecule has 3 N–H and O–H groups in total. The number of nitrogens with two attached hydrogens (primary N) is 1. The number of ether oxygens (including phenoxy) is 1. The molecule has 0 saturated carbocycles. The lowest BCUT2D eigenvalue weighted by molar-refractivity contribution is 0.460. The molecule has 5 nitrogen and oxygen atoms in total. The van der Waals surface area contributed by atoms with E-state index < -0.39 is 5.56 Å². The molecule has 0 fully saturated rings. The summed E-state index contributed by atoms with van der Waals surface area (Å²) in [5, 5.41) is 0. The molecule has 0 saturated heterocycles. The van der Waals surface area contributed by atoms with Gasteiger partial charge >= 0.3 is 0 Å². The van der Waals surface area contributed by atoms with Crippen LogP contribution in [0, 0.1) is 3.57 Å². The maximum atomic E-state index is 11.2. The smallest absolute Gasteiger partial charge is 0.277 e. The third-order valence-electron chi connectivity index (χ3n) is 1.90. The van der Waals surface area contributed by atoms with Crippen LogP contribution in [0.4, 0.5) is 5.69 Å². The maximum Gasteiger partial charge on any atom is 0.277 e. The van der Waals surface area contributed by atoms with Gasteiger partial charge in [0.1, 0.15) is 5.75 Å². The van der Waals surface area contributed by atoms with Crippen LogP contribution in [0.3, 0.4) is 0 Å². The number of hydrogen-bond donors (Lipinski definition) is 2. The van der Waals surface area contributed by atoms with E-state index in [9.17, 15) is 4.79 Å². The second-order valence-electron chi connectivity index (χ2n) is 2.98. The Morgan fingerprint density at radius 2 is 2.12 bits per heavy atom. The molecular weight excluding hydrogens is 321 g/mol. The van der Waals surface area contributed by atoms with Crippen molar-refractivity contribution in [3.8, 4) is 11.6 Å². The Bertz CT molecular complexity index is 568. The summed E-state index contributed by atoms with van der Waals surface area (Å²) in [5.41, 5.74) is 5.11. The number of anilines is 1. The van der Waals surface area contributed by atoms with E-state index in [1.807, 2.05) is 18.2 Å². The van der Waals surface area contributed by atoms with Gasteiger partial charge < -0.3 is 15.5 Å². The number of aromatic nitrogens is 2. The third-order valence-corrected chi connectivity index (χ3v) is 2.79. The van der Waals surface area contributed by atoms with Gasteiger partial charge in [-0.1, -0.05) is 12.1 Å². The quantitative estimate of drug-likeness (QED) is 0.823. The van der Waals surface area contributed by atoms with Crippen LogP contribution in [0.25, 0.3) is 0 Å². The Kier molecular flexibility index (Phi) is 3.09. The Hall–Kier alpha value is -1.57. The molecule has 0 aliphatic carbocycles. The summed E-state index contributed by atoms with van der Waals surface area (Å²) in [6.45, 7) is 0. The van der Waals surface area contributed by atoms with E-state index in [0.717, 1.165) is 3.57 Å². The average Bonchev–Trinajstić information content (AvgIpc) is 2.28. The highest BCUT2D eigenvalue weighted by Gasteiger charge is 2.08. The normalized spacial score (nSPS) is 10.1. The monoisotopic (exact) mass is 329 g/mol. The van der Waals surface area contributed by atoms with Crippen molar-refractivity contribution in [2.24, 2.45) is 0 Å². The zero-order valence-corrected chi connectivity index (χ0v) is 10.3. The summed E-state index contributed by atoms with van der Waals surface area (Å²) >= 11 is 2.13. The van der Waals surface area contributed by atoms with Gasteiger partial charge in [0.05, 0.1) is 9.90 Å². The Morgan fingerprint density at radius 1 is 1.38 bits per heavy atom. The van der Waals surface area contributed by atoms with Crippen molar-refractivity contribution in [1.29, 1.82) is 0 Å². The molecule has 0 radical (unpaired) electrons. The zero-order chi connectivity index (χ0) is 11.5. The number of nitrogens with zero attached hydrogens (tertiary/aromatic N) is 1. The van der Waals surface area contributed by atoms with Gasteiger partial charge in [-0.15, -0.1) is 0 Å². The molecule has 0 bridgehead atoms. The topological polar surface area (TPSA) is 81.0 Å². The molecule has 1 heterocycles. The first kappa shape index (κ1) is 10.9. The van der Waals surface area contributed by atoms with E-state index in [1.165, 1.54) is 6.33 Å². The largest absolute Gasteiger partial charge is 0.436 e. The van der Waals surface area contributed by atoms with Crippen LogP contribution in [0.15, 0.2) is 35.4 Å². The van der Waals surface area contributed by atoms with Crippen molar-refractivity contribution in [2.45, 2.75) is 0 Å². The summed E-state index contributed by atoms with van der Waals surface area (Å²) in [4.78, 5) is 17.4. The van der Waals surface area contributed by atoms with Crippen molar-refractivity contribution in [2.75, 3.05) is 5.73 Å². The Labute approximate surface area is 105 Å². The van der Waals surface area contributed by atoms with Crippen molar-refractivity contribution in [3.05, 3.63) is 44.5 Å². The summed E-state index contributed by atoms with van der Waals surface area (Å²) in [5.74, 6) is 0.737. The fraction of sp³-hybridized carbons (Fsp3) is 0. The van der Waals surface area contributed by atoms with Gasteiger partial charge in [-0.2, -0.15) is 0 Å². The molecule has 0 atom stereocenters. The average molecular weight is 329 g/mol. The molecule has 1 aromatic heterocycles. The molecule has 1 aromatic carbocycles. The van der Waals surface area contributed by atoms with E-state index in [4.69, 9.17) is 10.5 Å². The summed E-state index contributed by atoms with van der Waals surface area (Å²) < 4.78 is 6.38.